The molecule has 108 valence electrons. The van der Waals surface area contributed by atoms with E-state index in [0.29, 0.717) is 19.6 Å². The fourth-order valence-electron chi connectivity index (χ4n) is 2.47. The largest absolute Gasteiger partial charge is 0.455 e. The molecule has 0 unspecified atom stereocenters. The number of benzene rings is 1. The van der Waals surface area contributed by atoms with E-state index >= 15 is 0 Å². The Morgan fingerprint density at radius 1 is 1.15 bits per heavy atom. The number of fused-ring (bicyclic) bond motifs is 1. The summed E-state index contributed by atoms with van der Waals surface area (Å²) in [6.07, 6.45) is 0.468. The molecule has 5 nitrogen and oxygen atoms in total. The van der Waals surface area contributed by atoms with Crippen LogP contribution in [0.15, 0.2) is 30.3 Å². The summed E-state index contributed by atoms with van der Waals surface area (Å²) >= 11 is 0. The standard InChI is InChI=1S/C15H18O5/c16-15-13(18-8-11-4-2-1-3-5-11)7-6-12-14(20-15)9-17-10-19-12/h1-5,12-14H,6-10H2/t12-,13+,14+/m0/s1. The lowest BCUT2D eigenvalue weighted by atomic mass is 10.1. The van der Waals surface area contributed by atoms with Gasteiger partial charge in [0, 0.05) is 0 Å². The SMILES string of the molecule is O=C1O[C@@H]2COCO[C@H]2CC[C@H]1OCc1ccccc1. The molecule has 20 heavy (non-hydrogen) atoms. The number of carbonyl (C=O) groups is 1. The van der Waals surface area contributed by atoms with Crippen LogP contribution in [0.5, 0.6) is 0 Å². The van der Waals surface area contributed by atoms with Crippen LogP contribution in [0.1, 0.15) is 18.4 Å². The first-order valence-corrected chi connectivity index (χ1v) is 6.88. The molecule has 0 N–H and O–H groups in total. The minimum absolute atomic E-state index is 0.0713. The Balaban J connectivity index is 1.58. The van der Waals surface area contributed by atoms with E-state index in [2.05, 4.69) is 0 Å². The highest BCUT2D eigenvalue weighted by Gasteiger charge is 2.37. The molecular formula is C15H18O5. The lowest BCUT2D eigenvalue weighted by Gasteiger charge is -2.28. The number of hydrogen-bond acceptors (Lipinski definition) is 5. The van der Waals surface area contributed by atoms with Crippen LogP contribution >= 0.6 is 0 Å². The molecule has 0 amide bonds. The molecule has 0 bridgehead atoms. The maximum atomic E-state index is 12.0. The molecule has 5 heteroatoms. The van der Waals surface area contributed by atoms with Crippen molar-refractivity contribution in [3.63, 3.8) is 0 Å². The van der Waals surface area contributed by atoms with Gasteiger partial charge in [0.2, 0.25) is 0 Å². The molecule has 0 radical (unpaired) electrons. The lowest BCUT2D eigenvalue weighted by Crippen LogP contribution is -2.40. The van der Waals surface area contributed by atoms with Gasteiger partial charge in [0.15, 0.2) is 12.2 Å². The topological polar surface area (TPSA) is 54.0 Å². The van der Waals surface area contributed by atoms with Crippen LogP contribution in [0.25, 0.3) is 0 Å². The van der Waals surface area contributed by atoms with Crippen molar-refractivity contribution in [3.8, 4) is 0 Å². The first-order valence-electron chi connectivity index (χ1n) is 6.88. The molecule has 3 rings (SSSR count). The Bertz CT molecular complexity index is 447. The van der Waals surface area contributed by atoms with Crippen LogP contribution in [-0.2, 0) is 30.3 Å². The van der Waals surface area contributed by atoms with Gasteiger partial charge in [-0.05, 0) is 18.4 Å². The Hall–Kier alpha value is -1.43. The predicted octanol–water partition coefficient (Wildman–Crippen LogP) is 1.65. The minimum atomic E-state index is -0.524. The van der Waals surface area contributed by atoms with Gasteiger partial charge in [-0.1, -0.05) is 30.3 Å². The maximum absolute atomic E-state index is 12.0. The summed E-state index contributed by atoms with van der Waals surface area (Å²) in [4.78, 5) is 12.0. The molecule has 0 saturated carbocycles. The first-order chi connectivity index (χ1) is 9.83. The summed E-state index contributed by atoms with van der Waals surface area (Å²) < 4.78 is 21.7. The maximum Gasteiger partial charge on any atom is 0.335 e. The highest BCUT2D eigenvalue weighted by atomic mass is 16.7. The van der Waals surface area contributed by atoms with Crippen molar-refractivity contribution in [2.75, 3.05) is 13.4 Å². The third kappa shape index (κ3) is 3.17. The van der Waals surface area contributed by atoms with Crippen molar-refractivity contribution < 1.29 is 23.7 Å². The number of hydrogen-bond donors (Lipinski definition) is 0. The molecule has 2 aliphatic heterocycles. The average Bonchev–Trinajstić information content (AvgIpc) is 2.65. The number of ether oxygens (including phenoxy) is 4. The van der Waals surface area contributed by atoms with E-state index in [0.717, 1.165) is 12.0 Å². The number of esters is 1. The highest BCUT2D eigenvalue weighted by Crippen LogP contribution is 2.23. The van der Waals surface area contributed by atoms with Crippen LogP contribution in [0.2, 0.25) is 0 Å². The van der Waals surface area contributed by atoms with Gasteiger partial charge in [-0.3, -0.25) is 0 Å². The molecule has 2 aliphatic rings. The molecule has 0 spiro atoms. The Labute approximate surface area is 117 Å². The van der Waals surface area contributed by atoms with Crippen LogP contribution in [-0.4, -0.2) is 37.7 Å². The molecule has 2 saturated heterocycles. The smallest absolute Gasteiger partial charge is 0.335 e. The van der Waals surface area contributed by atoms with Gasteiger partial charge in [0.1, 0.15) is 6.79 Å². The zero-order valence-corrected chi connectivity index (χ0v) is 11.2. The molecule has 1 aromatic carbocycles. The van der Waals surface area contributed by atoms with Crippen LogP contribution in [0.3, 0.4) is 0 Å². The van der Waals surface area contributed by atoms with Crippen molar-refractivity contribution in [1.82, 2.24) is 0 Å². The van der Waals surface area contributed by atoms with Gasteiger partial charge in [0.05, 0.1) is 19.3 Å². The number of carbonyl (C=O) groups excluding carboxylic acids is 1. The van der Waals surface area contributed by atoms with E-state index in [1.54, 1.807) is 0 Å². The van der Waals surface area contributed by atoms with E-state index in [4.69, 9.17) is 18.9 Å². The zero-order valence-electron chi connectivity index (χ0n) is 11.2. The van der Waals surface area contributed by atoms with Crippen LogP contribution in [0.4, 0.5) is 0 Å². The monoisotopic (exact) mass is 278 g/mol. The van der Waals surface area contributed by atoms with Crippen molar-refractivity contribution in [2.45, 2.75) is 37.8 Å². The van der Waals surface area contributed by atoms with Crippen LogP contribution in [0, 0.1) is 0 Å². The van der Waals surface area contributed by atoms with Gasteiger partial charge in [-0.25, -0.2) is 4.79 Å². The second-order valence-electron chi connectivity index (χ2n) is 5.03. The molecular weight excluding hydrogens is 260 g/mol. The summed E-state index contributed by atoms with van der Waals surface area (Å²) in [7, 11) is 0. The molecule has 2 heterocycles. The Morgan fingerprint density at radius 3 is 2.85 bits per heavy atom. The summed E-state index contributed by atoms with van der Waals surface area (Å²) in [5, 5.41) is 0. The third-order valence-corrected chi connectivity index (χ3v) is 3.60. The van der Waals surface area contributed by atoms with Crippen molar-refractivity contribution in [2.24, 2.45) is 0 Å². The average molecular weight is 278 g/mol. The highest BCUT2D eigenvalue weighted by molar-refractivity contribution is 5.75. The predicted molar refractivity (Wildman–Crippen MR) is 69.8 cm³/mol. The van der Waals surface area contributed by atoms with E-state index in [1.165, 1.54) is 0 Å². The summed E-state index contributed by atoms with van der Waals surface area (Å²) in [5.74, 6) is -0.317. The van der Waals surface area contributed by atoms with Crippen LogP contribution < -0.4 is 0 Å². The summed E-state index contributed by atoms with van der Waals surface area (Å²) in [6, 6.07) is 9.79. The normalized spacial score (nSPS) is 30.2. The van der Waals surface area contributed by atoms with E-state index in [1.807, 2.05) is 30.3 Å². The molecule has 0 aromatic heterocycles. The Kier molecular flexibility index (Phi) is 4.30. The van der Waals surface area contributed by atoms with E-state index < -0.39 is 6.10 Å². The lowest BCUT2D eigenvalue weighted by molar-refractivity contribution is -0.209. The number of rotatable bonds is 3. The van der Waals surface area contributed by atoms with Gasteiger partial charge in [-0.15, -0.1) is 0 Å². The van der Waals surface area contributed by atoms with Crippen molar-refractivity contribution >= 4 is 5.97 Å². The fourth-order valence-corrected chi connectivity index (χ4v) is 2.47. The zero-order chi connectivity index (χ0) is 13.8. The molecule has 1 aromatic rings. The summed E-state index contributed by atoms with van der Waals surface area (Å²) in [6.45, 7) is 1.09. The van der Waals surface area contributed by atoms with Gasteiger partial charge >= 0.3 is 5.97 Å². The second-order valence-corrected chi connectivity index (χ2v) is 5.03. The molecule has 0 aliphatic carbocycles. The molecule has 3 atom stereocenters. The first kappa shape index (κ1) is 13.5. The van der Waals surface area contributed by atoms with Gasteiger partial charge in [0.25, 0.3) is 0 Å². The van der Waals surface area contributed by atoms with Crippen molar-refractivity contribution in [3.05, 3.63) is 35.9 Å². The third-order valence-electron chi connectivity index (χ3n) is 3.60. The minimum Gasteiger partial charge on any atom is -0.455 e. The Morgan fingerprint density at radius 2 is 2.00 bits per heavy atom. The summed E-state index contributed by atoms with van der Waals surface area (Å²) in [5.41, 5.74) is 1.04. The van der Waals surface area contributed by atoms with E-state index in [9.17, 15) is 4.79 Å². The van der Waals surface area contributed by atoms with Gasteiger partial charge in [-0.2, -0.15) is 0 Å². The molecule has 2 fully saturated rings. The second kappa shape index (κ2) is 6.35. The van der Waals surface area contributed by atoms with E-state index in [-0.39, 0.29) is 25.0 Å². The van der Waals surface area contributed by atoms with Crippen molar-refractivity contribution in [1.29, 1.82) is 0 Å². The fraction of sp³-hybridized carbons (Fsp3) is 0.533. The van der Waals surface area contributed by atoms with Gasteiger partial charge < -0.3 is 18.9 Å². The quantitative estimate of drug-likeness (QED) is 0.787.